The van der Waals surface area contributed by atoms with Crippen LogP contribution in [0.15, 0.2) is 231 Å². The van der Waals surface area contributed by atoms with Gasteiger partial charge < -0.3 is 9.47 Å². The molecule has 0 bridgehead atoms. The molecular weight excluding hydrogens is 785 g/mol. The van der Waals surface area contributed by atoms with Gasteiger partial charge in [0.15, 0.2) is 0 Å². The maximum atomic E-state index is 2.47. The van der Waals surface area contributed by atoms with E-state index in [0.29, 0.717) is 0 Å². The monoisotopic (exact) mass is 828 g/mol. The first-order valence-electron chi connectivity index (χ1n) is 22.7. The van der Waals surface area contributed by atoms with Crippen molar-refractivity contribution in [1.29, 1.82) is 0 Å². The average Bonchev–Trinajstić information content (AvgIpc) is 3.96. The van der Waals surface area contributed by atoms with E-state index < -0.39 is 0 Å². The highest BCUT2D eigenvalue weighted by molar-refractivity contribution is 6.22. The van der Waals surface area contributed by atoms with Crippen LogP contribution in [0.2, 0.25) is 0 Å². The fourth-order valence-electron chi connectivity index (χ4n) is 11.1. The van der Waals surface area contributed by atoms with Gasteiger partial charge in [0, 0.05) is 44.6 Å². The summed E-state index contributed by atoms with van der Waals surface area (Å²) < 4.78 is 2.47. The van der Waals surface area contributed by atoms with Crippen molar-refractivity contribution in [3.05, 3.63) is 242 Å². The van der Waals surface area contributed by atoms with Crippen LogP contribution in [0, 0.1) is 0 Å². The summed E-state index contributed by atoms with van der Waals surface area (Å²) in [6.45, 7) is 4.72. The van der Waals surface area contributed by atoms with Crippen molar-refractivity contribution >= 4 is 38.7 Å². The van der Waals surface area contributed by atoms with Gasteiger partial charge in [-0.25, -0.2) is 0 Å². The van der Waals surface area contributed by atoms with Crippen molar-refractivity contribution in [1.82, 2.24) is 4.57 Å². The van der Waals surface area contributed by atoms with Gasteiger partial charge in [0.25, 0.3) is 0 Å². The molecule has 2 aliphatic carbocycles. The fourth-order valence-corrected chi connectivity index (χ4v) is 11.1. The summed E-state index contributed by atoms with van der Waals surface area (Å²) in [5.41, 5.74) is 23.3. The van der Waals surface area contributed by atoms with E-state index in [0.717, 1.165) is 17.1 Å². The van der Waals surface area contributed by atoms with Gasteiger partial charge in [-0.15, -0.1) is 0 Å². The molecule has 13 rings (SSSR count). The van der Waals surface area contributed by atoms with Crippen LogP contribution in [0.5, 0.6) is 0 Å². The zero-order valence-electron chi connectivity index (χ0n) is 36.3. The third-order valence-corrected chi connectivity index (χ3v) is 14.1. The summed E-state index contributed by atoms with van der Waals surface area (Å²) in [4.78, 5) is 2.46. The van der Waals surface area contributed by atoms with E-state index in [1.165, 1.54) is 105 Å². The standard InChI is InChI=1S/C63H44N2/c1-63(2)56-31-11-9-28-51(56)52-35-34-49(40-57(52)63)64(58-32-12-10-27-50(58)41-17-5-3-6-18-41)48-26-14-23-45(38-48)43-21-13-22-44(37-43)46-33-36-59-55(39-46)61-53-29-15-19-42-20-16-30-54(60(42)53)62(61)65(59)47-24-7-4-8-25-47/h3-40H,1-2H3. The molecule has 2 aliphatic rings. The molecule has 0 fully saturated rings. The summed E-state index contributed by atoms with van der Waals surface area (Å²) >= 11 is 0. The molecule has 11 aromatic rings. The molecule has 0 spiro atoms. The highest BCUT2D eigenvalue weighted by Crippen LogP contribution is 2.54. The predicted octanol–water partition coefficient (Wildman–Crippen LogP) is 17.2. The van der Waals surface area contributed by atoms with Crippen LogP contribution in [-0.2, 0) is 5.41 Å². The maximum Gasteiger partial charge on any atom is 0.0626 e. The van der Waals surface area contributed by atoms with Crippen LogP contribution in [0.1, 0.15) is 25.0 Å². The number of para-hydroxylation sites is 2. The van der Waals surface area contributed by atoms with Crippen LogP contribution in [-0.4, -0.2) is 4.57 Å². The number of fused-ring (bicyclic) bond motifs is 8. The predicted molar refractivity (Wildman–Crippen MR) is 274 cm³/mol. The van der Waals surface area contributed by atoms with Crippen LogP contribution in [0.25, 0.3) is 94.3 Å². The Morgan fingerprint density at radius 2 is 0.969 bits per heavy atom. The number of nitrogens with zero attached hydrogens (tertiary/aromatic N) is 2. The highest BCUT2D eigenvalue weighted by Gasteiger charge is 2.36. The van der Waals surface area contributed by atoms with Gasteiger partial charge >= 0.3 is 0 Å². The molecule has 10 aromatic carbocycles. The van der Waals surface area contributed by atoms with Gasteiger partial charge in [0.05, 0.1) is 16.9 Å². The second-order valence-electron chi connectivity index (χ2n) is 18.1. The number of hydrogen-bond donors (Lipinski definition) is 0. The first-order chi connectivity index (χ1) is 32.0. The van der Waals surface area contributed by atoms with Gasteiger partial charge in [-0.05, 0) is 127 Å². The molecule has 0 saturated carbocycles. The molecule has 1 heterocycles. The van der Waals surface area contributed by atoms with E-state index in [2.05, 4.69) is 254 Å². The van der Waals surface area contributed by atoms with Crippen molar-refractivity contribution < 1.29 is 0 Å². The Bertz CT molecular complexity index is 3680. The number of hydrogen-bond acceptors (Lipinski definition) is 1. The van der Waals surface area contributed by atoms with Crippen molar-refractivity contribution in [2.45, 2.75) is 19.3 Å². The van der Waals surface area contributed by atoms with Crippen molar-refractivity contribution in [2.75, 3.05) is 4.90 Å². The Kier molecular flexibility index (Phi) is 8.29. The van der Waals surface area contributed by atoms with Gasteiger partial charge in [-0.2, -0.15) is 0 Å². The van der Waals surface area contributed by atoms with Crippen molar-refractivity contribution in [2.24, 2.45) is 0 Å². The molecule has 0 amide bonds. The first kappa shape index (κ1) is 37.4. The molecule has 0 saturated heterocycles. The summed E-state index contributed by atoms with van der Waals surface area (Å²) in [5, 5.41) is 3.89. The normalized spacial score (nSPS) is 12.9. The summed E-state index contributed by atoms with van der Waals surface area (Å²) in [7, 11) is 0. The molecule has 2 heteroatoms. The molecule has 0 unspecified atom stereocenters. The number of rotatable bonds is 7. The second-order valence-corrected chi connectivity index (χ2v) is 18.1. The molecule has 306 valence electrons. The number of aromatic nitrogens is 1. The zero-order chi connectivity index (χ0) is 43.2. The van der Waals surface area contributed by atoms with Crippen molar-refractivity contribution in [3.8, 4) is 72.6 Å². The lowest BCUT2D eigenvalue weighted by molar-refractivity contribution is 0.660. The SMILES string of the molecule is CC1(C)c2ccccc2-c2ccc(N(c3cccc(-c4cccc(-c5ccc6c(c5)c5c(n6-c6ccccc6)-c6cccc7cccc-5c67)c4)c3)c3ccccc3-c3ccccc3)cc21. The minimum absolute atomic E-state index is 0.126. The van der Waals surface area contributed by atoms with Gasteiger partial charge in [0.1, 0.15) is 0 Å². The maximum absolute atomic E-state index is 2.47. The lowest BCUT2D eigenvalue weighted by atomic mass is 9.82. The van der Waals surface area contributed by atoms with E-state index in [4.69, 9.17) is 0 Å². The lowest BCUT2D eigenvalue weighted by Crippen LogP contribution is -2.17. The van der Waals surface area contributed by atoms with Crippen LogP contribution in [0.3, 0.4) is 0 Å². The average molecular weight is 829 g/mol. The summed E-state index contributed by atoms with van der Waals surface area (Å²) in [6, 6.07) is 85.0. The Morgan fingerprint density at radius 1 is 0.385 bits per heavy atom. The van der Waals surface area contributed by atoms with Gasteiger partial charge in [0.2, 0.25) is 0 Å². The summed E-state index contributed by atoms with van der Waals surface area (Å²) in [5.74, 6) is 0. The van der Waals surface area contributed by atoms with Crippen LogP contribution in [0.4, 0.5) is 17.1 Å². The Labute approximate surface area is 380 Å². The van der Waals surface area contributed by atoms with Gasteiger partial charge in [-0.1, -0.05) is 184 Å². The first-order valence-corrected chi connectivity index (χ1v) is 22.7. The van der Waals surface area contributed by atoms with E-state index >= 15 is 0 Å². The number of benzene rings is 10. The summed E-state index contributed by atoms with van der Waals surface area (Å²) in [6.07, 6.45) is 0. The van der Waals surface area contributed by atoms with E-state index in [-0.39, 0.29) is 5.41 Å². The van der Waals surface area contributed by atoms with E-state index in [9.17, 15) is 0 Å². The third-order valence-electron chi connectivity index (χ3n) is 14.1. The molecular formula is C63H44N2. The highest BCUT2D eigenvalue weighted by atomic mass is 15.1. The molecule has 0 N–H and O–H groups in total. The molecule has 0 atom stereocenters. The Balaban J connectivity index is 0.946. The molecule has 65 heavy (non-hydrogen) atoms. The largest absolute Gasteiger partial charge is 0.310 e. The minimum atomic E-state index is -0.126. The quantitative estimate of drug-likeness (QED) is 0.155. The molecule has 0 radical (unpaired) electrons. The fraction of sp³-hybridized carbons (Fsp3) is 0.0476. The minimum Gasteiger partial charge on any atom is -0.310 e. The van der Waals surface area contributed by atoms with E-state index in [1.807, 2.05) is 0 Å². The van der Waals surface area contributed by atoms with Crippen LogP contribution >= 0.6 is 0 Å². The van der Waals surface area contributed by atoms with Crippen molar-refractivity contribution in [3.63, 3.8) is 0 Å². The van der Waals surface area contributed by atoms with E-state index in [1.54, 1.807) is 0 Å². The topological polar surface area (TPSA) is 8.17 Å². The number of anilines is 3. The van der Waals surface area contributed by atoms with Crippen LogP contribution < -0.4 is 4.90 Å². The zero-order valence-corrected chi connectivity index (χ0v) is 36.3. The smallest absolute Gasteiger partial charge is 0.0626 e. The third kappa shape index (κ3) is 5.74. The lowest BCUT2D eigenvalue weighted by Gasteiger charge is -2.30. The second kappa shape index (κ2) is 14.4. The molecule has 1 aromatic heterocycles. The molecule has 0 aliphatic heterocycles. The Hall–Kier alpha value is -8.20. The Morgan fingerprint density at radius 3 is 1.77 bits per heavy atom. The molecule has 2 nitrogen and oxygen atoms in total. The van der Waals surface area contributed by atoms with Gasteiger partial charge in [-0.3, -0.25) is 0 Å².